The van der Waals surface area contributed by atoms with Crippen molar-refractivity contribution in [2.24, 2.45) is 5.92 Å². The first kappa shape index (κ1) is 28.6. The second-order valence-electron chi connectivity index (χ2n) is 13.5. The highest BCUT2D eigenvalue weighted by molar-refractivity contribution is 6.17. The number of benzene rings is 8. The molecular weight excluding hydrogens is 609 g/mol. The molecule has 2 nitrogen and oxygen atoms in total. The number of hydrogen-bond donors (Lipinski definition) is 2. The van der Waals surface area contributed by atoms with Crippen LogP contribution in [0.3, 0.4) is 0 Å². The smallest absolute Gasteiger partial charge is 0.132 e. The maximum atomic E-state index is 12.7. The summed E-state index contributed by atoms with van der Waals surface area (Å²) in [6.45, 7) is 0. The van der Waals surface area contributed by atoms with Gasteiger partial charge in [0.1, 0.15) is 11.5 Å². The summed E-state index contributed by atoms with van der Waals surface area (Å²) < 4.78 is 0. The molecule has 0 heterocycles. The van der Waals surface area contributed by atoms with Gasteiger partial charge in [-0.05, 0) is 82.9 Å². The minimum atomic E-state index is -0.106. The Morgan fingerprint density at radius 2 is 1.00 bits per heavy atom. The first-order valence-electron chi connectivity index (χ1n) is 17.2. The second-order valence-corrected chi connectivity index (χ2v) is 13.5. The van der Waals surface area contributed by atoms with E-state index in [2.05, 4.69) is 146 Å². The van der Waals surface area contributed by atoms with E-state index in [0.29, 0.717) is 11.1 Å². The molecule has 2 unspecified atom stereocenters. The minimum Gasteiger partial charge on any atom is -0.507 e. The van der Waals surface area contributed by atoms with Gasteiger partial charge in [0.25, 0.3) is 0 Å². The van der Waals surface area contributed by atoms with E-state index < -0.39 is 0 Å². The molecule has 2 heteroatoms. The van der Waals surface area contributed by atoms with Crippen LogP contribution >= 0.6 is 0 Å². The molecule has 2 aliphatic carbocycles. The van der Waals surface area contributed by atoms with Gasteiger partial charge in [-0.3, -0.25) is 0 Å². The van der Waals surface area contributed by atoms with Crippen LogP contribution in [0.5, 0.6) is 11.5 Å². The van der Waals surface area contributed by atoms with Crippen LogP contribution in [0.2, 0.25) is 0 Å². The van der Waals surface area contributed by atoms with Gasteiger partial charge in [0.05, 0.1) is 0 Å². The zero-order valence-corrected chi connectivity index (χ0v) is 27.2. The number of aromatic hydroxyl groups is 2. The fraction of sp³-hybridized carbons (Fsp3) is 0.0417. The molecule has 2 atom stereocenters. The van der Waals surface area contributed by atoms with Crippen molar-refractivity contribution in [1.82, 2.24) is 0 Å². The molecule has 0 aliphatic heterocycles. The molecule has 236 valence electrons. The largest absolute Gasteiger partial charge is 0.507 e. The van der Waals surface area contributed by atoms with Gasteiger partial charge in [-0.1, -0.05) is 152 Å². The van der Waals surface area contributed by atoms with E-state index >= 15 is 0 Å². The Morgan fingerprint density at radius 1 is 0.440 bits per heavy atom. The first-order chi connectivity index (χ1) is 24.7. The summed E-state index contributed by atoms with van der Waals surface area (Å²) in [4.78, 5) is 0. The Morgan fingerprint density at radius 3 is 1.76 bits per heavy atom. The molecule has 0 bridgehead atoms. The van der Waals surface area contributed by atoms with Crippen LogP contribution in [-0.2, 0) is 0 Å². The number of hydrogen-bond acceptors (Lipinski definition) is 2. The van der Waals surface area contributed by atoms with Gasteiger partial charge in [-0.25, -0.2) is 0 Å². The number of rotatable bonds is 3. The molecule has 0 saturated carbocycles. The fourth-order valence-electron chi connectivity index (χ4n) is 8.56. The summed E-state index contributed by atoms with van der Waals surface area (Å²) in [7, 11) is 0. The Bertz CT molecular complexity index is 2910. The van der Waals surface area contributed by atoms with Gasteiger partial charge in [0.2, 0.25) is 0 Å². The molecule has 2 N–H and O–H groups in total. The van der Waals surface area contributed by atoms with Crippen molar-refractivity contribution in [1.29, 1.82) is 0 Å². The third-order valence-corrected chi connectivity index (χ3v) is 10.8. The molecule has 0 amide bonds. The second kappa shape index (κ2) is 11.1. The summed E-state index contributed by atoms with van der Waals surface area (Å²) in [5.74, 6) is 0.320. The van der Waals surface area contributed by atoms with Gasteiger partial charge in [-0.2, -0.15) is 0 Å². The van der Waals surface area contributed by atoms with E-state index in [4.69, 9.17) is 0 Å². The lowest BCUT2D eigenvalue weighted by atomic mass is 9.73. The highest BCUT2D eigenvalue weighted by Crippen LogP contribution is 2.53. The molecule has 10 rings (SSSR count). The summed E-state index contributed by atoms with van der Waals surface area (Å²) in [5, 5.41) is 36.1. The van der Waals surface area contributed by atoms with E-state index in [-0.39, 0.29) is 23.3 Å². The lowest BCUT2D eigenvalue weighted by molar-refractivity contribution is 0.463. The molecule has 2 aliphatic rings. The highest BCUT2D eigenvalue weighted by Gasteiger charge is 2.31. The molecule has 0 radical (unpaired) electrons. The molecule has 50 heavy (non-hydrogen) atoms. The SMILES string of the molecule is Oc1c(-c2cc3ccccc3c3ccccc23)cc2ccccc2c1-c1c(O)c(C2C=c3ccccc3=C3C=CC=CC32)cc2ccccc12. The highest BCUT2D eigenvalue weighted by atomic mass is 16.3. The Kier molecular flexibility index (Phi) is 6.34. The van der Waals surface area contributed by atoms with Crippen LogP contribution in [0.1, 0.15) is 11.5 Å². The van der Waals surface area contributed by atoms with Crippen molar-refractivity contribution >= 4 is 54.7 Å². The van der Waals surface area contributed by atoms with Crippen LogP contribution in [0.25, 0.3) is 77.0 Å². The van der Waals surface area contributed by atoms with Crippen molar-refractivity contribution in [3.05, 3.63) is 180 Å². The number of fused-ring (bicyclic) bond motifs is 7. The van der Waals surface area contributed by atoms with E-state index in [0.717, 1.165) is 59.6 Å². The number of phenols is 2. The van der Waals surface area contributed by atoms with Crippen molar-refractivity contribution in [2.75, 3.05) is 0 Å². The Labute approximate surface area is 289 Å². The maximum Gasteiger partial charge on any atom is 0.132 e. The lowest BCUT2D eigenvalue weighted by Gasteiger charge is -2.30. The minimum absolute atomic E-state index is 0.0652. The summed E-state index contributed by atoms with van der Waals surface area (Å²) >= 11 is 0. The standard InChI is InChI=1S/C48H32O2/c49-47-43(41-25-29-13-1-5-17-33(29)37-21-9-11-23-39(37)41)27-31-15-3-7-19-35(31)45(47)46-36-20-8-4-16-32(36)28-44(48(46)50)42-26-30-14-2-6-18-34(30)38-22-10-12-24-40(38)42/h1-28,39,41,49-50H. The van der Waals surface area contributed by atoms with E-state index in [1.807, 2.05) is 24.3 Å². The summed E-state index contributed by atoms with van der Waals surface area (Å²) in [5.41, 5.74) is 5.10. The van der Waals surface area contributed by atoms with Crippen LogP contribution < -0.4 is 10.4 Å². The van der Waals surface area contributed by atoms with Crippen LogP contribution in [-0.4, -0.2) is 10.2 Å². The molecule has 0 fully saturated rings. The van der Waals surface area contributed by atoms with Crippen LogP contribution in [0.15, 0.2) is 164 Å². The monoisotopic (exact) mass is 640 g/mol. The quantitative estimate of drug-likeness (QED) is 0.189. The van der Waals surface area contributed by atoms with Gasteiger partial charge < -0.3 is 10.2 Å². The molecule has 8 aromatic rings. The predicted octanol–water partition coefficient (Wildman–Crippen LogP) is 10.5. The summed E-state index contributed by atoms with van der Waals surface area (Å²) in [6.07, 6.45) is 11.0. The third-order valence-electron chi connectivity index (χ3n) is 10.8. The maximum absolute atomic E-state index is 12.7. The molecular formula is C48H32O2. The van der Waals surface area contributed by atoms with Crippen LogP contribution in [0.4, 0.5) is 0 Å². The van der Waals surface area contributed by atoms with E-state index in [1.54, 1.807) is 0 Å². The topological polar surface area (TPSA) is 40.5 Å². The molecule has 0 spiro atoms. The van der Waals surface area contributed by atoms with Gasteiger partial charge in [0.15, 0.2) is 0 Å². The van der Waals surface area contributed by atoms with Crippen LogP contribution in [0, 0.1) is 5.92 Å². The average Bonchev–Trinajstić information content (AvgIpc) is 3.17. The van der Waals surface area contributed by atoms with Crippen molar-refractivity contribution < 1.29 is 10.2 Å². The first-order valence-corrected chi connectivity index (χ1v) is 17.2. The molecule has 0 aromatic heterocycles. The number of allylic oxidation sites excluding steroid dienone is 4. The lowest BCUT2D eigenvalue weighted by Crippen LogP contribution is -2.35. The van der Waals surface area contributed by atoms with E-state index in [1.165, 1.54) is 16.2 Å². The average molecular weight is 641 g/mol. The normalized spacial score (nSPS) is 16.5. The number of phenolic OH excluding ortho intramolecular Hbond substituents is 2. The zero-order chi connectivity index (χ0) is 33.3. The molecule has 8 aromatic carbocycles. The van der Waals surface area contributed by atoms with E-state index in [9.17, 15) is 10.2 Å². The van der Waals surface area contributed by atoms with Gasteiger partial charge >= 0.3 is 0 Å². The zero-order valence-electron chi connectivity index (χ0n) is 27.2. The fourth-order valence-corrected chi connectivity index (χ4v) is 8.56. The van der Waals surface area contributed by atoms with Crippen molar-refractivity contribution in [3.8, 4) is 33.8 Å². The van der Waals surface area contributed by atoms with Gasteiger partial charge in [0, 0.05) is 34.1 Å². The van der Waals surface area contributed by atoms with Gasteiger partial charge in [-0.15, -0.1) is 0 Å². The third kappa shape index (κ3) is 4.22. The van der Waals surface area contributed by atoms with Crippen molar-refractivity contribution in [3.63, 3.8) is 0 Å². The Hall–Kier alpha value is -6.38. The summed E-state index contributed by atoms with van der Waals surface area (Å²) in [6, 6.07) is 48.2. The van der Waals surface area contributed by atoms with Crippen molar-refractivity contribution in [2.45, 2.75) is 5.92 Å². The molecule has 0 saturated heterocycles. The predicted molar refractivity (Wildman–Crippen MR) is 209 cm³/mol. The Balaban J connectivity index is 1.30.